The minimum absolute atomic E-state index is 0.0146. The van der Waals surface area contributed by atoms with Gasteiger partial charge in [-0.25, -0.2) is 0 Å². The predicted octanol–water partition coefficient (Wildman–Crippen LogP) is 4.58. The molecule has 0 radical (unpaired) electrons. The summed E-state index contributed by atoms with van der Waals surface area (Å²) in [4.78, 5) is 27.2. The second-order valence-electron chi connectivity index (χ2n) is 8.05. The molecule has 0 aromatic heterocycles. The van der Waals surface area contributed by atoms with Crippen LogP contribution in [0, 0.1) is 19.8 Å². The molecule has 1 heterocycles. The molecule has 1 aliphatic heterocycles. The summed E-state index contributed by atoms with van der Waals surface area (Å²) in [5, 5.41) is 2.98. The van der Waals surface area contributed by atoms with Crippen molar-refractivity contribution < 1.29 is 14.3 Å². The van der Waals surface area contributed by atoms with Crippen molar-refractivity contribution in [2.24, 2.45) is 5.92 Å². The van der Waals surface area contributed by atoms with Crippen molar-refractivity contribution in [1.29, 1.82) is 0 Å². The quantitative estimate of drug-likeness (QED) is 0.807. The standard InChI is InChI=1S/C24H30N2O3/c1-16(2)29-22-9-7-21(8-10-22)25-23(27)19-11-13-26(14-12-19)24(28)20-6-5-17(3)18(4)15-20/h5-10,15-16,19H,11-14H2,1-4H3,(H,25,27). The summed E-state index contributed by atoms with van der Waals surface area (Å²) in [7, 11) is 0. The van der Waals surface area contributed by atoms with E-state index >= 15 is 0 Å². The van der Waals surface area contributed by atoms with Crippen molar-refractivity contribution >= 4 is 17.5 Å². The lowest BCUT2D eigenvalue weighted by molar-refractivity contribution is -0.121. The fourth-order valence-electron chi connectivity index (χ4n) is 3.54. The summed E-state index contributed by atoms with van der Waals surface area (Å²) in [6.07, 6.45) is 1.47. The van der Waals surface area contributed by atoms with Gasteiger partial charge in [0, 0.05) is 30.3 Å². The second kappa shape index (κ2) is 9.12. The summed E-state index contributed by atoms with van der Waals surface area (Å²) >= 11 is 0. The molecule has 154 valence electrons. The van der Waals surface area contributed by atoms with E-state index < -0.39 is 0 Å². The van der Waals surface area contributed by atoms with Crippen LogP contribution < -0.4 is 10.1 Å². The number of anilines is 1. The van der Waals surface area contributed by atoms with E-state index in [-0.39, 0.29) is 23.8 Å². The van der Waals surface area contributed by atoms with Crippen LogP contribution in [0.25, 0.3) is 0 Å². The number of aryl methyl sites for hydroxylation is 2. The van der Waals surface area contributed by atoms with E-state index in [1.54, 1.807) is 0 Å². The number of nitrogens with zero attached hydrogens (tertiary/aromatic N) is 1. The molecular formula is C24H30N2O3. The average molecular weight is 395 g/mol. The lowest BCUT2D eigenvalue weighted by atomic mass is 9.95. The molecule has 0 aliphatic carbocycles. The Balaban J connectivity index is 1.52. The second-order valence-corrected chi connectivity index (χ2v) is 8.05. The molecule has 5 heteroatoms. The third-order valence-corrected chi connectivity index (χ3v) is 5.40. The number of ether oxygens (including phenoxy) is 1. The molecule has 2 aromatic carbocycles. The molecule has 2 amide bonds. The zero-order chi connectivity index (χ0) is 21.0. The highest BCUT2D eigenvalue weighted by atomic mass is 16.5. The molecule has 0 bridgehead atoms. The van der Waals surface area contributed by atoms with Gasteiger partial charge in [-0.3, -0.25) is 9.59 Å². The molecule has 0 unspecified atom stereocenters. The number of nitrogens with one attached hydrogen (secondary N) is 1. The first-order valence-electron chi connectivity index (χ1n) is 10.3. The van der Waals surface area contributed by atoms with Gasteiger partial charge in [-0.15, -0.1) is 0 Å². The van der Waals surface area contributed by atoms with Crippen LogP contribution >= 0.6 is 0 Å². The maximum absolute atomic E-state index is 12.8. The Kier molecular flexibility index (Phi) is 6.57. The molecule has 29 heavy (non-hydrogen) atoms. The summed E-state index contributed by atoms with van der Waals surface area (Å²) in [5.41, 5.74) is 3.79. The highest BCUT2D eigenvalue weighted by Crippen LogP contribution is 2.23. The number of piperidine rings is 1. The first-order valence-corrected chi connectivity index (χ1v) is 10.3. The highest BCUT2D eigenvalue weighted by molar-refractivity contribution is 5.95. The van der Waals surface area contributed by atoms with Gasteiger partial charge in [0.05, 0.1) is 6.10 Å². The normalized spacial score (nSPS) is 14.7. The summed E-state index contributed by atoms with van der Waals surface area (Å²) < 4.78 is 5.62. The maximum Gasteiger partial charge on any atom is 0.253 e. The fraction of sp³-hybridized carbons (Fsp3) is 0.417. The number of rotatable bonds is 5. The molecule has 5 nitrogen and oxygen atoms in total. The Bertz CT molecular complexity index is 866. The van der Waals surface area contributed by atoms with Crippen molar-refractivity contribution in [2.75, 3.05) is 18.4 Å². The Morgan fingerprint density at radius 3 is 2.24 bits per heavy atom. The minimum atomic E-state index is -0.0783. The van der Waals surface area contributed by atoms with Crippen molar-refractivity contribution in [1.82, 2.24) is 4.90 Å². The number of hydrogen-bond acceptors (Lipinski definition) is 3. The Morgan fingerprint density at radius 2 is 1.66 bits per heavy atom. The molecular weight excluding hydrogens is 364 g/mol. The van der Waals surface area contributed by atoms with E-state index in [0.29, 0.717) is 25.9 Å². The Morgan fingerprint density at radius 1 is 1.00 bits per heavy atom. The number of carbonyl (C=O) groups is 2. The molecule has 0 saturated carbocycles. The average Bonchev–Trinajstić information content (AvgIpc) is 2.70. The summed E-state index contributed by atoms with van der Waals surface area (Å²) in [6, 6.07) is 13.3. The van der Waals surface area contributed by atoms with Crippen LogP contribution in [0.2, 0.25) is 0 Å². The van der Waals surface area contributed by atoms with Crippen LogP contribution in [0.4, 0.5) is 5.69 Å². The first-order chi connectivity index (χ1) is 13.8. The summed E-state index contributed by atoms with van der Waals surface area (Å²) in [6.45, 7) is 9.22. The molecule has 1 saturated heterocycles. The van der Waals surface area contributed by atoms with Crippen LogP contribution in [-0.2, 0) is 4.79 Å². The number of amides is 2. The fourth-order valence-corrected chi connectivity index (χ4v) is 3.54. The zero-order valence-corrected chi connectivity index (χ0v) is 17.7. The maximum atomic E-state index is 12.8. The van der Waals surface area contributed by atoms with Crippen molar-refractivity contribution in [3.63, 3.8) is 0 Å². The van der Waals surface area contributed by atoms with E-state index in [1.165, 1.54) is 5.56 Å². The van der Waals surface area contributed by atoms with Crippen molar-refractivity contribution in [3.05, 3.63) is 59.2 Å². The van der Waals surface area contributed by atoms with Gasteiger partial charge in [0.2, 0.25) is 5.91 Å². The lowest BCUT2D eigenvalue weighted by Crippen LogP contribution is -2.41. The van der Waals surface area contributed by atoms with Gasteiger partial charge in [-0.2, -0.15) is 0 Å². The van der Waals surface area contributed by atoms with E-state index in [2.05, 4.69) is 5.32 Å². The monoisotopic (exact) mass is 394 g/mol. The summed E-state index contributed by atoms with van der Waals surface area (Å²) in [5.74, 6) is 0.773. The molecule has 1 N–H and O–H groups in total. The van der Waals surface area contributed by atoms with Crippen LogP contribution in [0.3, 0.4) is 0 Å². The van der Waals surface area contributed by atoms with E-state index in [9.17, 15) is 9.59 Å². The predicted molar refractivity (Wildman–Crippen MR) is 115 cm³/mol. The van der Waals surface area contributed by atoms with Gasteiger partial charge in [0.15, 0.2) is 0 Å². The Hall–Kier alpha value is -2.82. The van der Waals surface area contributed by atoms with E-state index in [1.807, 2.05) is 75.1 Å². The van der Waals surface area contributed by atoms with Crippen molar-refractivity contribution in [2.45, 2.75) is 46.6 Å². The van der Waals surface area contributed by atoms with Crippen LogP contribution in [0.5, 0.6) is 5.75 Å². The molecule has 0 spiro atoms. The third kappa shape index (κ3) is 5.37. The number of carbonyl (C=O) groups excluding carboxylic acids is 2. The van der Waals surface area contributed by atoms with Crippen LogP contribution in [0.15, 0.2) is 42.5 Å². The molecule has 2 aromatic rings. The van der Waals surface area contributed by atoms with Crippen LogP contribution in [-0.4, -0.2) is 35.9 Å². The van der Waals surface area contributed by atoms with E-state index in [0.717, 1.165) is 22.6 Å². The molecule has 0 atom stereocenters. The minimum Gasteiger partial charge on any atom is -0.491 e. The van der Waals surface area contributed by atoms with Gasteiger partial charge in [0.1, 0.15) is 5.75 Å². The zero-order valence-electron chi connectivity index (χ0n) is 17.7. The van der Waals surface area contributed by atoms with Gasteiger partial charge >= 0.3 is 0 Å². The number of benzene rings is 2. The van der Waals surface area contributed by atoms with Crippen LogP contribution in [0.1, 0.15) is 48.2 Å². The number of hydrogen-bond donors (Lipinski definition) is 1. The smallest absolute Gasteiger partial charge is 0.253 e. The molecule has 3 rings (SSSR count). The van der Waals surface area contributed by atoms with Gasteiger partial charge in [-0.1, -0.05) is 6.07 Å². The molecule has 1 fully saturated rings. The van der Waals surface area contributed by atoms with Gasteiger partial charge in [0.25, 0.3) is 5.91 Å². The lowest BCUT2D eigenvalue weighted by Gasteiger charge is -2.31. The van der Waals surface area contributed by atoms with Crippen molar-refractivity contribution in [3.8, 4) is 5.75 Å². The largest absolute Gasteiger partial charge is 0.491 e. The SMILES string of the molecule is Cc1ccc(C(=O)N2CCC(C(=O)Nc3ccc(OC(C)C)cc3)CC2)cc1C. The first kappa shape index (κ1) is 20.9. The molecule has 1 aliphatic rings. The number of likely N-dealkylation sites (tertiary alicyclic amines) is 1. The third-order valence-electron chi connectivity index (χ3n) is 5.40. The van der Waals surface area contributed by atoms with Gasteiger partial charge in [-0.05, 0) is 88.1 Å². The van der Waals surface area contributed by atoms with Gasteiger partial charge < -0.3 is 15.0 Å². The Labute approximate surface area is 173 Å². The highest BCUT2D eigenvalue weighted by Gasteiger charge is 2.28. The topological polar surface area (TPSA) is 58.6 Å². The van der Waals surface area contributed by atoms with E-state index in [4.69, 9.17) is 4.74 Å².